The van der Waals surface area contributed by atoms with Crippen LogP contribution in [-0.2, 0) is 0 Å². The van der Waals surface area contributed by atoms with Crippen LogP contribution in [0.25, 0.3) is 5.95 Å². The van der Waals surface area contributed by atoms with Gasteiger partial charge in [-0.1, -0.05) is 6.92 Å². The van der Waals surface area contributed by atoms with Gasteiger partial charge in [-0.05, 0) is 43.4 Å². The Morgan fingerprint density at radius 2 is 2.10 bits per heavy atom. The molecular weight excluding hydrogens is 276 g/mol. The van der Waals surface area contributed by atoms with Crippen LogP contribution in [-0.4, -0.2) is 37.3 Å². The van der Waals surface area contributed by atoms with E-state index < -0.39 is 0 Å². The lowest BCUT2D eigenvalue weighted by Gasteiger charge is -2.35. The van der Waals surface area contributed by atoms with E-state index in [1.54, 1.807) is 17.1 Å². The lowest BCUT2D eigenvalue weighted by molar-refractivity contribution is 0.442. The largest absolute Gasteiger partial charge is 0.338 e. The van der Waals surface area contributed by atoms with Gasteiger partial charge in [0.15, 0.2) is 0 Å². The van der Waals surface area contributed by atoms with Crippen LogP contribution in [0.15, 0.2) is 18.5 Å². The van der Waals surface area contributed by atoms with Gasteiger partial charge in [-0.2, -0.15) is 20.1 Å². The molecule has 0 spiro atoms. The van der Waals surface area contributed by atoms with Gasteiger partial charge in [0.2, 0.25) is 11.2 Å². The first kappa shape index (κ1) is 13.3. The van der Waals surface area contributed by atoms with Gasteiger partial charge in [0, 0.05) is 25.0 Å². The van der Waals surface area contributed by atoms with Crippen LogP contribution >= 0.6 is 11.6 Å². The second-order valence-electron chi connectivity index (χ2n) is 4.91. The molecule has 1 unspecified atom stereocenters. The van der Waals surface area contributed by atoms with Gasteiger partial charge in [-0.15, -0.1) is 0 Å². The van der Waals surface area contributed by atoms with Crippen molar-refractivity contribution in [1.82, 2.24) is 24.7 Å². The Morgan fingerprint density at radius 1 is 1.25 bits per heavy atom. The van der Waals surface area contributed by atoms with Crippen molar-refractivity contribution in [1.29, 1.82) is 0 Å². The maximum Gasteiger partial charge on any atom is 0.256 e. The molecule has 3 rings (SSSR count). The fourth-order valence-electron chi connectivity index (χ4n) is 2.64. The number of halogens is 1. The minimum absolute atomic E-state index is 0.209. The zero-order valence-electron chi connectivity index (χ0n) is 11.4. The summed E-state index contributed by atoms with van der Waals surface area (Å²) in [4.78, 5) is 15.2. The van der Waals surface area contributed by atoms with Crippen LogP contribution in [0, 0.1) is 0 Å². The van der Waals surface area contributed by atoms with E-state index in [1.165, 1.54) is 12.8 Å². The van der Waals surface area contributed by atoms with E-state index >= 15 is 0 Å². The average Bonchev–Trinajstić information content (AvgIpc) is 3.01. The molecule has 1 saturated heterocycles. The number of hydrogen-bond donors (Lipinski definition) is 0. The molecule has 1 aliphatic rings. The van der Waals surface area contributed by atoms with Crippen LogP contribution in [0.2, 0.25) is 5.28 Å². The molecule has 0 radical (unpaired) electrons. The predicted molar refractivity (Wildman–Crippen MR) is 77.2 cm³/mol. The Balaban J connectivity index is 1.96. The zero-order chi connectivity index (χ0) is 13.9. The summed E-state index contributed by atoms with van der Waals surface area (Å²) in [5.74, 6) is 1.12. The van der Waals surface area contributed by atoms with E-state index in [2.05, 4.69) is 31.9 Å². The minimum Gasteiger partial charge on any atom is -0.338 e. The molecule has 2 aromatic rings. The quantitative estimate of drug-likeness (QED) is 0.870. The average molecular weight is 293 g/mol. The smallest absolute Gasteiger partial charge is 0.256 e. The summed E-state index contributed by atoms with van der Waals surface area (Å²) in [6.07, 6.45) is 8.17. The molecule has 3 heterocycles. The summed E-state index contributed by atoms with van der Waals surface area (Å²) < 4.78 is 1.60. The van der Waals surface area contributed by atoms with Gasteiger partial charge in [-0.25, -0.2) is 4.68 Å². The number of rotatable bonds is 3. The summed E-state index contributed by atoms with van der Waals surface area (Å²) in [5, 5.41) is 4.35. The van der Waals surface area contributed by atoms with E-state index in [1.807, 2.05) is 6.07 Å². The van der Waals surface area contributed by atoms with E-state index in [4.69, 9.17) is 11.6 Å². The van der Waals surface area contributed by atoms with Gasteiger partial charge in [0.25, 0.3) is 5.95 Å². The molecule has 2 aromatic heterocycles. The molecule has 0 saturated carbocycles. The second-order valence-corrected chi connectivity index (χ2v) is 5.24. The van der Waals surface area contributed by atoms with Crippen molar-refractivity contribution >= 4 is 17.5 Å². The molecule has 106 valence electrons. The van der Waals surface area contributed by atoms with Crippen molar-refractivity contribution in [3.8, 4) is 5.95 Å². The molecule has 7 heteroatoms. The highest BCUT2D eigenvalue weighted by Crippen LogP contribution is 2.24. The molecule has 6 nitrogen and oxygen atoms in total. The summed E-state index contributed by atoms with van der Waals surface area (Å²) in [5.41, 5.74) is 0. The van der Waals surface area contributed by atoms with E-state index in [0.717, 1.165) is 19.4 Å². The molecule has 0 aliphatic carbocycles. The second kappa shape index (κ2) is 5.75. The Labute approximate surface area is 122 Å². The first-order valence-corrected chi connectivity index (χ1v) is 7.34. The topological polar surface area (TPSA) is 59.7 Å². The fourth-order valence-corrected chi connectivity index (χ4v) is 2.79. The molecule has 1 aliphatic heterocycles. The van der Waals surface area contributed by atoms with E-state index in [0.29, 0.717) is 17.9 Å². The van der Waals surface area contributed by atoms with Crippen molar-refractivity contribution < 1.29 is 0 Å². The van der Waals surface area contributed by atoms with E-state index in [-0.39, 0.29) is 5.28 Å². The predicted octanol–water partition coefficient (Wildman–Crippen LogP) is 2.48. The van der Waals surface area contributed by atoms with Crippen LogP contribution in [0.1, 0.15) is 32.6 Å². The first-order chi connectivity index (χ1) is 9.78. The number of hydrogen-bond acceptors (Lipinski definition) is 5. The third-order valence-corrected chi connectivity index (χ3v) is 3.82. The molecule has 1 atom stereocenters. The van der Waals surface area contributed by atoms with Crippen molar-refractivity contribution in [3.05, 3.63) is 23.7 Å². The van der Waals surface area contributed by atoms with Gasteiger partial charge < -0.3 is 4.90 Å². The Hall–Kier alpha value is -1.69. The first-order valence-electron chi connectivity index (χ1n) is 6.96. The summed E-state index contributed by atoms with van der Waals surface area (Å²) in [7, 11) is 0. The molecule has 1 fully saturated rings. The Bertz CT molecular complexity index is 570. The van der Waals surface area contributed by atoms with Crippen molar-refractivity contribution in [2.24, 2.45) is 0 Å². The fraction of sp³-hybridized carbons (Fsp3) is 0.538. The Kier molecular flexibility index (Phi) is 3.82. The number of aromatic nitrogens is 5. The molecule has 0 aromatic carbocycles. The molecular formula is C13H17ClN6. The van der Waals surface area contributed by atoms with Crippen LogP contribution < -0.4 is 4.90 Å². The molecule has 0 bridgehead atoms. The van der Waals surface area contributed by atoms with Crippen molar-refractivity contribution in [3.63, 3.8) is 0 Å². The molecule has 0 N–H and O–H groups in total. The summed E-state index contributed by atoms with van der Waals surface area (Å²) in [6, 6.07) is 2.31. The van der Waals surface area contributed by atoms with Gasteiger partial charge in [0.05, 0.1) is 0 Å². The van der Waals surface area contributed by atoms with Gasteiger partial charge in [-0.3, -0.25) is 0 Å². The van der Waals surface area contributed by atoms with Crippen molar-refractivity contribution in [2.75, 3.05) is 11.4 Å². The highest BCUT2D eigenvalue weighted by atomic mass is 35.5. The number of anilines is 1. The monoisotopic (exact) mass is 292 g/mol. The lowest BCUT2D eigenvalue weighted by atomic mass is 10.0. The minimum atomic E-state index is 0.209. The highest BCUT2D eigenvalue weighted by Gasteiger charge is 2.24. The highest BCUT2D eigenvalue weighted by molar-refractivity contribution is 6.28. The molecule has 0 amide bonds. The normalized spacial score (nSPS) is 19.3. The SMILES string of the molecule is CCC1CCCCN1c1nc(Cl)nc(-n2cccn2)n1. The maximum atomic E-state index is 6.05. The zero-order valence-corrected chi connectivity index (χ0v) is 12.2. The van der Waals surface area contributed by atoms with Crippen LogP contribution in [0.4, 0.5) is 5.95 Å². The van der Waals surface area contributed by atoms with Crippen LogP contribution in [0.5, 0.6) is 0 Å². The Morgan fingerprint density at radius 3 is 2.85 bits per heavy atom. The maximum absolute atomic E-state index is 6.05. The number of piperidine rings is 1. The van der Waals surface area contributed by atoms with Crippen LogP contribution in [0.3, 0.4) is 0 Å². The van der Waals surface area contributed by atoms with Gasteiger partial charge in [0.1, 0.15) is 0 Å². The third kappa shape index (κ3) is 2.60. The lowest BCUT2D eigenvalue weighted by Crippen LogP contribution is -2.40. The summed E-state index contributed by atoms with van der Waals surface area (Å²) >= 11 is 6.05. The van der Waals surface area contributed by atoms with E-state index in [9.17, 15) is 0 Å². The standard InChI is InChI=1S/C13H17ClN6/c1-2-10-6-3-4-8-19(10)12-16-11(14)17-13(18-12)20-9-5-7-15-20/h5,7,9-10H,2-4,6,8H2,1H3. The summed E-state index contributed by atoms with van der Waals surface area (Å²) in [6.45, 7) is 3.16. The third-order valence-electron chi connectivity index (χ3n) is 3.65. The molecule has 20 heavy (non-hydrogen) atoms. The van der Waals surface area contributed by atoms with Crippen molar-refractivity contribution in [2.45, 2.75) is 38.6 Å². The number of nitrogens with zero attached hydrogens (tertiary/aromatic N) is 6. The van der Waals surface area contributed by atoms with Gasteiger partial charge >= 0.3 is 0 Å².